The zero-order valence-corrected chi connectivity index (χ0v) is 7.66. The summed E-state index contributed by atoms with van der Waals surface area (Å²) in [5.41, 5.74) is 8.11. The number of carbonyl (C=O) groups excluding carboxylic acids is 1. The van der Waals surface area contributed by atoms with Gasteiger partial charge in [0.15, 0.2) is 5.78 Å². The Balaban J connectivity index is 2.49. The number of Topliss-reactive ketones (excluding diaryl/α,β-unsaturated/α-hetero) is 1. The Hall–Kier alpha value is -1.15. The summed E-state index contributed by atoms with van der Waals surface area (Å²) in [5, 5.41) is 0. The van der Waals surface area contributed by atoms with Crippen LogP contribution in [-0.4, -0.2) is 11.8 Å². The van der Waals surface area contributed by atoms with Crippen LogP contribution >= 0.6 is 0 Å². The minimum Gasteiger partial charge on any atom is -0.321 e. The van der Waals surface area contributed by atoms with Crippen LogP contribution in [0.3, 0.4) is 0 Å². The average Bonchev–Trinajstić information content (AvgIpc) is 2.15. The molecule has 0 amide bonds. The molecule has 2 rings (SSSR count). The lowest BCUT2D eigenvalue weighted by molar-refractivity contribution is -0.121. The van der Waals surface area contributed by atoms with Crippen LogP contribution in [0.15, 0.2) is 24.3 Å². The summed E-state index contributed by atoms with van der Waals surface area (Å²) in [4.78, 5) is 11.6. The standard InChI is InChI=1S/C11H13NO/c1-7-9-5-3-2-4-8(9)6-10(12)11(7)13/h2-5,7,10H,6,12H2,1H3. The lowest BCUT2D eigenvalue weighted by Crippen LogP contribution is -2.39. The van der Waals surface area contributed by atoms with Gasteiger partial charge in [0.2, 0.25) is 0 Å². The topological polar surface area (TPSA) is 43.1 Å². The predicted molar refractivity (Wildman–Crippen MR) is 51.5 cm³/mol. The summed E-state index contributed by atoms with van der Waals surface area (Å²) in [6, 6.07) is 7.74. The van der Waals surface area contributed by atoms with Gasteiger partial charge in [-0.3, -0.25) is 4.79 Å². The molecule has 0 bridgehead atoms. The van der Waals surface area contributed by atoms with Gasteiger partial charge in [0.05, 0.1) is 6.04 Å². The van der Waals surface area contributed by atoms with Crippen molar-refractivity contribution < 1.29 is 4.79 Å². The number of hydrogen-bond acceptors (Lipinski definition) is 2. The molecule has 68 valence electrons. The fourth-order valence-electron chi connectivity index (χ4n) is 1.95. The second-order valence-corrected chi connectivity index (χ2v) is 3.63. The van der Waals surface area contributed by atoms with Crippen molar-refractivity contribution in [3.63, 3.8) is 0 Å². The smallest absolute Gasteiger partial charge is 0.157 e. The normalized spacial score (nSPS) is 27.1. The fourth-order valence-corrected chi connectivity index (χ4v) is 1.95. The van der Waals surface area contributed by atoms with E-state index in [1.807, 2.05) is 25.1 Å². The van der Waals surface area contributed by atoms with Gasteiger partial charge in [-0.05, 0) is 17.5 Å². The molecule has 0 spiro atoms. The van der Waals surface area contributed by atoms with Crippen LogP contribution in [0.1, 0.15) is 24.0 Å². The molecule has 2 nitrogen and oxygen atoms in total. The number of rotatable bonds is 0. The molecule has 2 unspecified atom stereocenters. The summed E-state index contributed by atoms with van der Waals surface area (Å²) >= 11 is 0. The van der Waals surface area contributed by atoms with Crippen molar-refractivity contribution in [2.24, 2.45) is 5.73 Å². The first kappa shape index (κ1) is 8.45. The molecule has 1 aromatic carbocycles. The maximum Gasteiger partial charge on any atom is 0.157 e. The van der Waals surface area contributed by atoms with Gasteiger partial charge in [-0.1, -0.05) is 31.2 Å². The Kier molecular flexibility index (Phi) is 1.93. The summed E-state index contributed by atoms with van der Waals surface area (Å²) in [6.45, 7) is 1.93. The first-order chi connectivity index (χ1) is 6.20. The first-order valence-corrected chi connectivity index (χ1v) is 4.57. The first-order valence-electron chi connectivity index (χ1n) is 4.57. The van der Waals surface area contributed by atoms with Crippen LogP contribution in [0.25, 0.3) is 0 Å². The maximum atomic E-state index is 11.6. The van der Waals surface area contributed by atoms with Gasteiger partial charge in [-0.25, -0.2) is 0 Å². The van der Waals surface area contributed by atoms with Gasteiger partial charge in [0.25, 0.3) is 0 Å². The third kappa shape index (κ3) is 1.27. The quantitative estimate of drug-likeness (QED) is 0.644. The Morgan fingerprint density at radius 1 is 1.38 bits per heavy atom. The van der Waals surface area contributed by atoms with E-state index in [1.165, 1.54) is 5.56 Å². The lowest BCUT2D eigenvalue weighted by atomic mass is 9.80. The van der Waals surface area contributed by atoms with Crippen molar-refractivity contribution in [2.45, 2.75) is 25.3 Å². The van der Waals surface area contributed by atoms with Gasteiger partial charge >= 0.3 is 0 Å². The third-order valence-corrected chi connectivity index (χ3v) is 2.75. The Labute approximate surface area is 77.8 Å². The van der Waals surface area contributed by atoms with Crippen molar-refractivity contribution in [2.75, 3.05) is 0 Å². The van der Waals surface area contributed by atoms with E-state index in [9.17, 15) is 4.79 Å². The number of hydrogen-bond donors (Lipinski definition) is 1. The van der Waals surface area contributed by atoms with E-state index >= 15 is 0 Å². The second-order valence-electron chi connectivity index (χ2n) is 3.63. The van der Waals surface area contributed by atoms with Gasteiger partial charge < -0.3 is 5.73 Å². The molecule has 0 aromatic heterocycles. The van der Waals surface area contributed by atoms with Crippen molar-refractivity contribution in [1.29, 1.82) is 0 Å². The fraction of sp³-hybridized carbons (Fsp3) is 0.364. The molecule has 0 aliphatic heterocycles. The molecule has 2 atom stereocenters. The van der Waals surface area contributed by atoms with Crippen LogP contribution in [0.2, 0.25) is 0 Å². The summed E-state index contributed by atoms with van der Waals surface area (Å²) in [6.07, 6.45) is 0.694. The molecule has 1 aliphatic carbocycles. The highest BCUT2D eigenvalue weighted by Gasteiger charge is 2.29. The van der Waals surface area contributed by atoms with E-state index in [0.29, 0.717) is 6.42 Å². The van der Waals surface area contributed by atoms with Gasteiger partial charge in [-0.2, -0.15) is 0 Å². The molecule has 1 aromatic rings. The minimum absolute atomic E-state index is 0.0278. The summed E-state index contributed by atoms with van der Waals surface area (Å²) in [5.74, 6) is 0.138. The minimum atomic E-state index is -0.301. The van der Waals surface area contributed by atoms with Crippen LogP contribution in [0, 0.1) is 0 Å². The van der Waals surface area contributed by atoms with Gasteiger partial charge in [-0.15, -0.1) is 0 Å². The van der Waals surface area contributed by atoms with Crippen molar-refractivity contribution >= 4 is 5.78 Å². The van der Waals surface area contributed by atoms with Gasteiger partial charge in [0.1, 0.15) is 0 Å². The van der Waals surface area contributed by atoms with E-state index in [2.05, 4.69) is 6.07 Å². The van der Waals surface area contributed by atoms with E-state index in [1.54, 1.807) is 0 Å². The zero-order chi connectivity index (χ0) is 9.42. The monoisotopic (exact) mass is 175 g/mol. The Morgan fingerprint density at radius 3 is 2.85 bits per heavy atom. The maximum absolute atomic E-state index is 11.6. The van der Waals surface area contributed by atoms with E-state index in [0.717, 1.165) is 5.56 Å². The van der Waals surface area contributed by atoms with E-state index in [-0.39, 0.29) is 17.7 Å². The average molecular weight is 175 g/mol. The van der Waals surface area contributed by atoms with E-state index < -0.39 is 0 Å². The molecule has 0 radical (unpaired) electrons. The molecule has 0 saturated carbocycles. The number of benzene rings is 1. The molecule has 0 fully saturated rings. The molecular weight excluding hydrogens is 162 g/mol. The third-order valence-electron chi connectivity index (χ3n) is 2.75. The van der Waals surface area contributed by atoms with Crippen molar-refractivity contribution in [1.82, 2.24) is 0 Å². The number of ketones is 1. The van der Waals surface area contributed by atoms with Crippen molar-refractivity contribution in [3.05, 3.63) is 35.4 Å². The molecule has 13 heavy (non-hydrogen) atoms. The Morgan fingerprint density at radius 2 is 2.08 bits per heavy atom. The largest absolute Gasteiger partial charge is 0.321 e. The van der Waals surface area contributed by atoms with E-state index in [4.69, 9.17) is 5.73 Å². The summed E-state index contributed by atoms with van der Waals surface area (Å²) < 4.78 is 0. The van der Waals surface area contributed by atoms with Crippen LogP contribution in [-0.2, 0) is 11.2 Å². The van der Waals surface area contributed by atoms with Crippen LogP contribution < -0.4 is 5.73 Å². The SMILES string of the molecule is CC1C(=O)C(N)Cc2ccccc21. The molecule has 0 saturated heterocycles. The Bertz CT molecular complexity index is 346. The highest BCUT2D eigenvalue weighted by molar-refractivity contribution is 5.92. The predicted octanol–water partition coefficient (Wildman–Crippen LogP) is 1.24. The zero-order valence-electron chi connectivity index (χ0n) is 7.66. The molecule has 2 heteroatoms. The molecule has 0 heterocycles. The summed E-state index contributed by atoms with van der Waals surface area (Å²) in [7, 11) is 0. The van der Waals surface area contributed by atoms with Crippen LogP contribution in [0.4, 0.5) is 0 Å². The second kappa shape index (κ2) is 2.96. The number of nitrogens with two attached hydrogens (primary N) is 1. The molecule has 1 aliphatic rings. The number of carbonyl (C=O) groups is 1. The highest BCUT2D eigenvalue weighted by atomic mass is 16.1. The molecule has 2 N–H and O–H groups in total. The number of fused-ring (bicyclic) bond motifs is 1. The van der Waals surface area contributed by atoms with Gasteiger partial charge in [0, 0.05) is 5.92 Å². The van der Waals surface area contributed by atoms with Crippen molar-refractivity contribution in [3.8, 4) is 0 Å². The van der Waals surface area contributed by atoms with Crippen LogP contribution in [0.5, 0.6) is 0 Å². The lowest BCUT2D eigenvalue weighted by Gasteiger charge is -2.25. The molecular formula is C11H13NO. The highest BCUT2D eigenvalue weighted by Crippen LogP contribution is 2.27.